The molecule has 0 amide bonds. The maximum Gasteiger partial charge on any atom is 0.178 e. The molecule has 2 fully saturated rings. The number of rotatable bonds is 4. The lowest BCUT2D eigenvalue weighted by atomic mass is 10.1. The van der Waals surface area contributed by atoms with Crippen molar-refractivity contribution in [1.29, 1.82) is 0 Å². The van der Waals surface area contributed by atoms with Gasteiger partial charge in [-0.25, -0.2) is 0 Å². The topological polar surface area (TPSA) is 66.6 Å². The van der Waals surface area contributed by atoms with E-state index >= 15 is 0 Å². The second kappa shape index (κ2) is 5.58. The van der Waals surface area contributed by atoms with E-state index in [9.17, 15) is 9.90 Å². The molecule has 1 aromatic rings. The highest BCUT2D eigenvalue weighted by atomic mass is 32.2. The summed E-state index contributed by atoms with van der Waals surface area (Å²) < 4.78 is 0. The van der Waals surface area contributed by atoms with Gasteiger partial charge < -0.3 is 15.7 Å². The van der Waals surface area contributed by atoms with Gasteiger partial charge in [0.25, 0.3) is 0 Å². The SMILES string of the molecule is CSc1c(N2CCCC(O)C2)sc(C(=O)C2CC2)c1N. The summed E-state index contributed by atoms with van der Waals surface area (Å²) >= 11 is 3.11. The van der Waals surface area contributed by atoms with Crippen molar-refractivity contribution in [3.63, 3.8) is 0 Å². The summed E-state index contributed by atoms with van der Waals surface area (Å²) in [6.45, 7) is 1.58. The fourth-order valence-corrected chi connectivity index (χ4v) is 4.91. The van der Waals surface area contributed by atoms with E-state index in [1.165, 1.54) is 11.3 Å². The van der Waals surface area contributed by atoms with Crippen LogP contribution < -0.4 is 10.6 Å². The van der Waals surface area contributed by atoms with E-state index in [1.54, 1.807) is 11.8 Å². The molecule has 1 atom stereocenters. The lowest BCUT2D eigenvalue weighted by Gasteiger charge is -2.31. The maximum absolute atomic E-state index is 12.3. The average molecular weight is 312 g/mol. The number of aliphatic hydroxyl groups is 1. The fraction of sp³-hybridized carbons (Fsp3) is 0.643. The molecule has 3 N–H and O–H groups in total. The molecule has 1 saturated heterocycles. The summed E-state index contributed by atoms with van der Waals surface area (Å²) in [5, 5.41) is 10.9. The fourth-order valence-electron chi connectivity index (χ4n) is 2.67. The Hall–Kier alpha value is -0.720. The van der Waals surface area contributed by atoms with Crippen molar-refractivity contribution in [2.75, 3.05) is 30.0 Å². The Kier molecular flexibility index (Phi) is 3.97. The van der Waals surface area contributed by atoms with Crippen LogP contribution in [-0.4, -0.2) is 36.3 Å². The molecule has 110 valence electrons. The van der Waals surface area contributed by atoms with Gasteiger partial charge >= 0.3 is 0 Å². The minimum absolute atomic E-state index is 0.199. The first-order valence-corrected chi connectivity index (χ1v) is 9.09. The number of hydrogen-bond acceptors (Lipinski definition) is 6. The molecule has 1 aliphatic carbocycles. The first-order chi connectivity index (χ1) is 9.61. The van der Waals surface area contributed by atoms with Gasteiger partial charge in [0.2, 0.25) is 0 Å². The molecule has 0 spiro atoms. The maximum atomic E-state index is 12.3. The number of hydrogen-bond donors (Lipinski definition) is 2. The first kappa shape index (κ1) is 14.2. The van der Waals surface area contributed by atoms with Crippen molar-refractivity contribution in [2.45, 2.75) is 36.7 Å². The van der Waals surface area contributed by atoms with Crippen molar-refractivity contribution >= 4 is 39.6 Å². The second-order valence-corrected chi connectivity index (χ2v) is 7.38. The number of piperidine rings is 1. The van der Waals surface area contributed by atoms with Crippen molar-refractivity contribution < 1.29 is 9.90 Å². The van der Waals surface area contributed by atoms with Crippen LogP contribution in [0.1, 0.15) is 35.4 Å². The summed E-state index contributed by atoms with van der Waals surface area (Å²) in [4.78, 5) is 16.2. The zero-order valence-corrected chi connectivity index (χ0v) is 13.2. The molecule has 2 heterocycles. The number of nitrogens with zero attached hydrogens (tertiary/aromatic N) is 1. The van der Waals surface area contributed by atoms with Crippen molar-refractivity contribution in [3.05, 3.63) is 4.88 Å². The van der Waals surface area contributed by atoms with Gasteiger partial charge in [0.1, 0.15) is 5.00 Å². The van der Waals surface area contributed by atoms with E-state index in [0.717, 1.165) is 47.0 Å². The van der Waals surface area contributed by atoms with E-state index in [4.69, 9.17) is 5.73 Å². The highest BCUT2D eigenvalue weighted by molar-refractivity contribution is 7.99. The molecule has 4 nitrogen and oxygen atoms in total. The molecule has 0 bridgehead atoms. The monoisotopic (exact) mass is 312 g/mol. The Labute approximate surface area is 127 Å². The Morgan fingerprint density at radius 3 is 2.80 bits per heavy atom. The van der Waals surface area contributed by atoms with Crippen molar-refractivity contribution in [2.24, 2.45) is 5.92 Å². The Balaban J connectivity index is 1.93. The molecule has 1 unspecified atom stereocenters. The standard InChI is InChI=1S/C14H20N2O2S2/c1-19-13-10(15)12(11(18)8-4-5-8)20-14(13)16-6-2-3-9(17)7-16/h8-9,17H,2-7,15H2,1H3. The van der Waals surface area contributed by atoms with Crippen LogP contribution in [-0.2, 0) is 0 Å². The van der Waals surface area contributed by atoms with E-state index < -0.39 is 0 Å². The molecule has 2 aliphatic rings. The molecule has 6 heteroatoms. The second-order valence-electron chi connectivity index (χ2n) is 5.56. The van der Waals surface area contributed by atoms with Gasteiger partial charge in [-0.3, -0.25) is 4.79 Å². The van der Waals surface area contributed by atoms with Crippen LogP contribution in [0.2, 0.25) is 0 Å². The Bertz CT molecular complexity index is 525. The molecule has 1 aliphatic heterocycles. The number of anilines is 2. The third-order valence-electron chi connectivity index (χ3n) is 3.94. The average Bonchev–Trinajstić information content (AvgIpc) is 3.22. The Morgan fingerprint density at radius 1 is 1.45 bits per heavy atom. The van der Waals surface area contributed by atoms with Crippen LogP contribution in [0.4, 0.5) is 10.7 Å². The zero-order chi connectivity index (χ0) is 14.3. The van der Waals surface area contributed by atoms with Gasteiger partial charge in [-0.1, -0.05) is 0 Å². The number of aliphatic hydroxyl groups excluding tert-OH is 1. The molecule has 0 aromatic carbocycles. The van der Waals surface area contributed by atoms with Crippen LogP contribution in [0.3, 0.4) is 0 Å². The van der Waals surface area contributed by atoms with Gasteiger partial charge in [0.05, 0.1) is 21.6 Å². The van der Waals surface area contributed by atoms with Crippen LogP contribution in [0, 0.1) is 5.92 Å². The van der Waals surface area contributed by atoms with Crippen molar-refractivity contribution in [3.8, 4) is 0 Å². The van der Waals surface area contributed by atoms with Gasteiger partial charge in [-0.15, -0.1) is 23.1 Å². The lowest BCUT2D eigenvalue weighted by molar-refractivity contribution is 0.0972. The summed E-state index contributed by atoms with van der Waals surface area (Å²) in [6.07, 6.45) is 5.57. The van der Waals surface area contributed by atoms with Gasteiger partial charge in [-0.05, 0) is 31.9 Å². The zero-order valence-electron chi connectivity index (χ0n) is 11.6. The van der Waals surface area contributed by atoms with Crippen molar-refractivity contribution in [1.82, 2.24) is 0 Å². The largest absolute Gasteiger partial charge is 0.396 e. The number of thioether (sulfide) groups is 1. The van der Waals surface area contributed by atoms with Gasteiger partial charge in [-0.2, -0.15) is 0 Å². The number of Topliss-reactive ketones (excluding diaryl/α,β-unsaturated/α-hetero) is 1. The quantitative estimate of drug-likeness (QED) is 0.661. The number of carbonyl (C=O) groups excluding carboxylic acids is 1. The van der Waals surface area contributed by atoms with E-state index in [-0.39, 0.29) is 17.8 Å². The predicted octanol–water partition coefficient (Wildman–Crippen LogP) is 2.61. The molecule has 3 rings (SSSR count). The number of nitrogen functional groups attached to an aromatic ring is 1. The van der Waals surface area contributed by atoms with E-state index in [2.05, 4.69) is 4.90 Å². The minimum atomic E-state index is -0.274. The normalized spacial score (nSPS) is 23.1. The number of carbonyl (C=O) groups is 1. The van der Waals surface area contributed by atoms with Gasteiger partial charge in [0.15, 0.2) is 5.78 Å². The van der Waals surface area contributed by atoms with Crippen LogP contribution in [0.5, 0.6) is 0 Å². The number of nitrogens with two attached hydrogens (primary N) is 1. The van der Waals surface area contributed by atoms with Gasteiger partial charge in [0, 0.05) is 19.0 Å². The molecule has 1 saturated carbocycles. The lowest BCUT2D eigenvalue weighted by Crippen LogP contribution is -2.38. The molecular formula is C14H20N2O2S2. The summed E-state index contributed by atoms with van der Waals surface area (Å²) in [5.74, 6) is 0.414. The summed E-state index contributed by atoms with van der Waals surface area (Å²) in [7, 11) is 0. The summed E-state index contributed by atoms with van der Waals surface area (Å²) in [6, 6.07) is 0. The van der Waals surface area contributed by atoms with Crippen LogP contribution >= 0.6 is 23.1 Å². The summed E-state index contributed by atoms with van der Waals surface area (Å²) in [5.41, 5.74) is 6.85. The third-order valence-corrected chi connectivity index (χ3v) is 6.17. The molecule has 1 aromatic heterocycles. The third kappa shape index (κ3) is 2.56. The van der Waals surface area contributed by atoms with Crippen LogP contribution in [0.25, 0.3) is 0 Å². The molecule has 0 radical (unpaired) electrons. The van der Waals surface area contributed by atoms with E-state index in [1.807, 2.05) is 6.26 Å². The number of thiophene rings is 1. The Morgan fingerprint density at radius 2 is 2.20 bits per heavy atom. The van der Waals surface area contributed by atoms with Crippen LogP contribution in [0.15, 0.2) is 4.90 Å². The predicted molar refractivity (Wildman–Crippen MR) is 85.0 cm³/mol. The first-order valence-electron chi connectivity index (χ1n) is 7.05. The van der Waals surface area contributed by atoms with E-state index in [0.29, 0.717) is 12.2 Å². The molecule has 20 heavy (non-hydrogen) atoms. The smallest absolute Gasteiger partial charge is 0.178 e. The minimum Gasteiger partial charge on any atom is -0.396 e. The highest BCUT2D eigenvalue weighted by Gasteiger charge is 2.35. The molecular weight excluding hydrogens is 292 g/mol. The number of ketones is 1. The highest BCUT2D eigenvalue weighted by Crippen LogP contribution is 2.47. The number of β-amino-alcohol motifs (C(OH)–C–C–N with tert-alkyl or cyclic N) is 1.